The molecule has 0 unspecified atom stereocenters. The second-order valence-electron chi connectivity index (χ2n) is 5.68. The van der Waals surface area contributed by atoms with Gasteiger partial charge in [-0.3, -0.25) is 4.79 Å². The Morgan fingerprint density at radius 2 is 1.86 bits per heavy atom. The number of hydrogen-bond acceptors (Lipinski definition) is 3. The van der Waals surface area contributed by atoms with Gasteiger partial charge in [-0.05, 0) is 17.5 Å². The molecule has 0 saturated heterocycles. The van der Waals surface area contributed by atoms with Gasteiger partial charge in [0, 0.05) is 12.5 Å². The third-order valence-electron chi connectivity index (χ3n) is 3.13. The summed E-state index contributed by atoms with van der Waals surface area (Å²) in [6.07, 6.45) is -0.921. The van der Waals surface area contributed by atoms with E-state index in [4.69, 9.17) is 14.6 Å². The average molecular weight is 302 g/mol. The van der Waals surface area contributed by atoms with Gasteiger partial charge in [0.2, 0.25) is 0 Å². The second kappa shape index (κ2) is 6.28. The lowest BCUT2D eigenvalue weighted by molar-refractivity contribution is -0.140. The van der Waals surface area contributed by atoms with E-state index in [1.807, 2.05) is 0 Å². The number of hydrogen-bond donors (Lipinski definition) is 1. The monoisotopic (exact) mass is 302 g/mol. The molecule has 0 aliphatic carbocycles. The fourth-order valence-corrected chi connectivity index (χ4v) is 2.27. The molecule has 0 fully saturated rings. The quantitative estimate of drug-likeness (QED) is 0.834. The Balaban J connectivity index is 3.09. The van der Waals surface area contributed by atoms with Crippen LogP contribution >= 0.6 is 0 Å². The van der Waals surface area contributed by atoms with Crippen LogP contribution in [-0.2, 0) is 10.7 Å². The number of halogens is 2. The number of aliphatic carboxylic acids is 1. The molecule has 0 atom stereocenters. The molecule has 0 bridgehead atoms. The number of ether oxygens (including phenoxy) is 2. The molecule has 21 heavy (non-hydrogen) atoms. The highest BCUT2D eigenvalue weighted by Crippen LogP contribution is 2.45. The molecular weight excluding hydrogens is 282 g/mol. The van der Waals surface area contributed by atoms with Gasteiger partial charge in [0.05, 0.1) is 26.2 Å². The molecule has 6 heteroatoms. The third kappa shape index (κ3) is 4.58. The topological polar surface area (TPSA) is 55.8 Å². The molecular formula is C15H20F2O4. The zero-order valence-electron chi connectivity index (χ0n) is 12.6. The number of rotatable bonds is 7. The Morgan fingerprint density at radius 1 is 1.24 bits per heavy atom. The van der Waals surface area contributed by atoms with E-state index in [1.54, 1.807) is 0 Å². The SMILES string of the molecule is COc1ccc(C(F)(F)CC(C)(C)CC(=O)O)c(OC)c1. The van der Waals surface area contributed by atoms with Crippen molar-refractivity contribution < 1.29 is 28.2 Å². The lowest BCUT2D eigenvalue weighted by atomic mass is 9.81. The number of methoxy groups -OCH3 is 2. The summed E-state index contributed by atoms with van der Waals surface area (Å²) in [6.45, 7) is 3.01. The highest BCUT2D eigenvalue weighted by Gasteiger charge is 2.41. The van der Waals surface area contributed by atoms with Gasteiger partial charge in [-0.25, -0.2) is 8.78 Å². The van der Waals surface area contributed by atoms with Gasteiger partial charge in [-0.2, -0.15) is 0 Å². The van der Waals surface area contributed by atoms with Crippen LogP contribution < -0.4 is 9.47 Å². The molecule has 1 N–H and O–H groups in total. The largest absolute Gasteiger partial charge is 0.497 e. The lowest BCUT2D eigenvalue weighted by Crippen LogP contribution is -2.27. The minimum Gasteiger partial charge on any atom is -0.497 e. The number of benzene rings is 1. The van der Waals surface area contributed by atoms with E-state index in [9.17, 15) is 13.6 Å². The van der Waals surface area contributed by atoms with Crippen LogP contribution in [0.15, 0.2) is 18.2 Å². The van der Waals surface area contributed by atoms with Gasteiger partial charge in [0.25, 0.3) is 5.92 Å². The molecule has 0 radical (unpaired) electrons. The number of carbonyl (C=O) groups is 1. The molecule has 0 saturated carbocycles. The van der Waals surface area contributed by atoms with Gasteiger partial charge in [0.15, 0.2) is 0 Å². The van der Waals surface area contributed by atoms with E-state index in [-0.39, 0.29) is 17.7 Å². The fraction of sp³-hybridized carbons (Fsp3) is 0.533. The van der Waals surface area contributed by atoms with Crippen molar-refractivity contribution in [3.63, 3.8) is 0 Å². The smallest absolute Gasteiger partial charge is 0.303 e. The molecule has 1 aromatic carbocycles. The van der Waals surface area contributed by atoms with Crippen molar-refractivity contribution in [2.45, 2.75) is 32.6 Å². The van der Waals surface area contributed by atoms with Crippen LogP contribution in [0.4, 0.5) is 8.78 Å². The molecule has 1 rings (SSSR count). The Hall–Kier alpha value is -1.85. The Labute approximate surface area is 122 Å². The first-order valence-corrected chi connectivity index (χ1v) is 6.43. The summed E-state index contributed by atoms with van der Waals surface area (Å²) in [6, 6.07) is 4.05. The van der Waals surface area contributed by atoms with E-state index < -0.39 is 23.7 Å². The highest BCUT2D eigenvalue weighted by atomic mass is 19.3. The van der Waals surface area contributed by atoms with Gasteiger partial charge >= 0.3 is 5.97 Å². The summed E-state index contributed by atoms with van der Waals surface area (Å²) >= 11 is 0. The maximum absolute atomic E-state index is 14.5. The highest BCUT2D eigenvalue weighted by molar-refractivity contribution is 5.67. The van der Waals surface area contributed by atoms with Gasteiger partial charge < -0.3 is 14.6 Å². The van der Waals surface area contributed by atoms with E-state index in [0.29, 0.717) is 5.75 Å². The first kappa shape index (κ1) is 17.2. The normalized spacial score (nSPS) is 12.1. The summed E-state index contributed by atoms with van der Waals surface area (Å²) < 4.78 is 38.9. The average Bonchev–Trinajstić information content (AvgIpc) is 2.34. The summed E-state index contributed by atoms with van der Waals surface area (Å²) in [5, 5.41) is 8.80. The molecule has 0 spiro atoms. The minimum absolute atomic E-state index is 0.0190. The zero-order chi connectivity index (χ0) is 16.3. The third-order valence-corrected chi connectivity index (χ3v) is 3.13. The van der Waals surface area contributed by atoms with Crippen LogP contribution in [0.3, 0.4) is 0 Å². The van der Waals surface area contributed by atoms with Crippen LogP contribution in [0, 0.1) is 5.41 Å². The summed E-state index contributed by atoms with van der Waals surface area (Å²) in [5.74, 6) is -3.87. The maximum Gasteiger partial charge on any atom is 0.303 e. The van der Waals surface area contributed by atoms with Gasteiger partial charge in [-0.1, -0.05) is 13.8 Å². The second-order valence-corrected chi connectivity index (χ2v) is 5.68. The first-order valence-electron chi connectivity index (χ1n) is 6.43. The molecule has 1 aromatic rings. The predicted molar refractivity (Wildman–Crippen MR) is 74.1 cm³/mol. The zero-order valence-corrected chi connectivity index (χ0v) is 12.6. The molecule has 0 amide bonds. The Kier molecular flexibility index (Phi) is 5.15. The minimum atomic E-state index is -3.20. The van der Waals surface area contributed by atoms with Crippen molar-refractivity contribution in [1.29, 1.82) is 0 Å². The first-order chi connectivity index (χ1) is 9.61. The molecule has 0 aliphatic rings. The lowest BCUT2D eigenvalue weighted by Gasteiger charge is -2.29. The van der Waals surface area contributed by atoms with Crippen molar-refractivity contribution >= 4 is 5.97 Å². The molecule has 0 aliphatic heterocycles. The van der Waals surface area contributed by atoms with Crippen LogP contribution in [0.2, 0.25) is 0 Å². The molecule has 0 aromatic heterocycles. The number of alkyl halides is 2. The summed E-state index contributed by atoms with van der Waals surface area (Å²) in [7, 11) is 2.74. The standard InChI is InChI=1S/C15H20F2O4/c1-14(2,8-13(18)19)9-15(16,17)11-6-5-10(20-3)7-12(11)21-4/h5-7H,8-9H2,1-4H3,(H,18,19). The van der Waals surface area contributed by atoms with E-state index >= 15 is 0 Å². The fourth-order valence-electron chi connectivity index (χ4n) is 2.27. The maximum atomic E-state index is 14.5. The van der Waals surface area contributed by atoms with Crippen molar-refractivity contribution in [3.05, 3.63) is 23.8 Å². The van der Waals surface area contributed by atoms with Gasteiger partial charge in [0.1, 0.15) is 11.5 Å². The van der Waals surface area contributed by atoms with Crippen molar-refractivity contribution in [3.8, 4) is 11.5 Å². The van der Waals surface area contributed by atoms with Crippen LogP contribution in [0.25, 0.3) is 0 Å². The van der Waals surface area contributed by atoms with Crippen molar-refractivity contribution in [1.82, 2.24) is 0 Å². The number of carboxylic acids is 1. The van der Waals surface area contributed by atoms with Crippen molar-refractivity contribution in [2.24, 2.45) is 5.41 Å². The van der Waals surface area contributed by atoms with Gasteiger partial charge in [-0.15, -0.1) is 0 Å². The summed E-state index contributed by atoms with van der Waals surface area (Å²) in [5.41, 5.74) is -1.32. The number of carboxylic acid groups (broad SMARTS) is 1. The Morgan fingerprint density at radius 3 is 2.33 bits per heavy atom. The predicted octanol–water partition coefficient (Wildman–Crippen LogP) is 3.69. The van der Waals surface area contributed by atoms with E-state index in [2.05, 4.69) is 0 Å². The molecule has 4 nitrogen and oxygen atoms in total. The molecule has 0 heterocycles. The molecule has 118 valence electrons. The summed E-state index contributed by atoms with van der Waals surface area (Å²) in [4.78, 5) is 10.8. The van der Waals surface area contributed by atoms with Crippen LogP contribution in [-0.4, -0.2) is 25.3 Å². The van der Waals surface area contributed by atoms with E-state index in [0.717, 1.165) is 0 Å². The van der Waals surface area contributed by atoms with Crippen LogP contribution in [0.1, 0.15) is 32.3 Å². The Bertz CT molecular complexity index is 512. The van der Waals surface area contributed by atoms with Crippen molar-refractivity contribution in [2.75, 3.05) is 14.2 Å². The van der Waals surface area contributed by atoms with E-state index in [1.165, 1.54) is 46.3 Å². The van der Waals surface area contributed by atoms with Crippen LogP contribution in [0.5, 0.6) is 11.5 Å².